The van der Waals surface area contributed by atoms with Crippen LogP contribution in [0.2, 0.25) is 0 Å². The molecule has 0 aliphatic carbocycles. The number of rotatable bonds is 7. The Morgan fingerprint density at radius 1 is 1.24 bits per heavy atom. The fraction of sp³-hybridized carbons (Fsp3) is 0.458. The van der Waals surface area contributed by atoms with Crippen LogP contribution in [-0.4, -0.2) is 41.7 Å². The highest BCUT2D eigenvalue weighted by Crippen LogP contribution is 2.29. The van der Waals surface area contributed by atoms with E-state index >= 15 is 0 Å². The SMILES string of the molecule is CCOCc1cc(CN2CCCC(c3nc4c(C)cccc4[nH]3)C2)ccc1OC. The van der Waals surface area contributed by atoms with E-state index in [-0.39, 0.29) is 0 Å². The molecule has 1 aromatic heterocycles. The van der Waals surface area contributed by atoms with Gasteiger partial charge in [-0.05, 0) is 62.6 Å². The van der Waals surface area contributed by atoms with Crippen molar-refractivity contribution in [1.29, 1.82) is 0 Å². The summed E-state index contributed by atoms with van der Waals surface area (Å²) in [6.45, 7) is 8.55. The monoisotopic (exact) mass is 393 g/mol. The Hall–Kier alpha value is -2.37. The van der Waals surface area contributed by atoms with Gasteiger partial charge in [0, 0.05) is 31.2 Å². The molecule has 0 saturated carbocycles. The molecule has 2 heterocycles. The molecule has 1 aliphatic rings. The molecule has 0 spiro atoms. The minimum absolute atomic E-state index is 0.455. The van der Waals surface area contributed by atoms with E-state index in [0.717, 1.165) is 47.8 Å². The molecule has 4 rings (SSSR count). The fourth-order valence-electron chi connectivity index (χ4n) is 4.32. The lowest BCUT2D eigenvalue weighted by atomic mass is 9.96. The number of para-hydroxylation sites is 1. The van der Waals surface area contributed by atoms with E-state index in [0.29, 0.717) is 19.1 Å². The van der Waals surface area contributed by atoms with Crippen LogP contribution in [0, 0.1) is 6.92 Å². The van der Waals surface area contributed by atoms with Crippen molar-refractivity contribution in [2.24, 2.45) is 0 Å². The van der Waals surface area contributed by atoms with E-state index in [1.165, 1.54) is 24.0 Å². The Morgan fingerprint density at radius 3 is 2.93 bits per heavy atom. The molecule has 1 fully saturated rings. The third-order valence-corrected chi connectivity index (χ3v) is 5.84. The molecule has 5 heteroatoms. The zero-order valence-corrected chi connectivity index (χ0v) is 17.7. The largest absolute Gasteiger partial charge is 0.496 e. The predicted octanol–water partition coefficient (Wildman–Crippen LogP) is 4.80. The van der Waals surface area contributed by atoms with Crippen LogP contribution in [0.4, 0.5) is 0 Å². The first kappa shape index (κ1) is 19.9. The second-order valence-corrected chi connectivity index (χ2v) is 7.95. The van der Waals surface area contributed by atoms with Gasteiger partial charge in [0.25, 0.3) is 0 Å². The molecule has 2 aromatic carbocycles. The molecule has 1 aliphatic heterocycles. The summed E-state index contributed by atoms with van der Waals surface area (Å²) in [5.74, 6) is 2.49. The van der Waals surface area contributed by atoms with E-state index < -0.39 is 0 Å². The Bertz CT molecular complexity index is 966. The van der Waals surface area contributed by atoms with Gasteiger partial charge < -0.3 is 14.5 Å². The number of hydrogen-bond acceptors (Lipinski definition) is 4. The van der Waals surface area contributed by atoms with Crippen molar-refractivity contribution in [3.05, 3.63) is 58.9 Å². The number of methoxy groups -OCH3 is 1. The lowest BCUT2D eigenvalue weighted by Crippen LogP contribution is -2.34. The highest BCUT2D eigenvalue weighted by Gasteiger charge is 2.24. The average Bonchev–Trinajstić information content (AvgIpc) is 3.18. The fourth-order valence-corrected chi connectivity index (χ4v) is 4.32. The van der Waals surface area contributed by atoms with E-state index in [2.05, 4.69) is 53.2 Å². The minimum atomic E-state index is 0.455. The summed E-state index contributed by atoms with van der Waals surface area (Å²) in [7, 11) is 1.72. The number of nitrogens with one attached hydrogen (secondary N) is 1. The molecular formula is C24H31N3O2. The smallest absolute Gasteiger partial charge is 0.124 e. The number of likely N-dealkylation sites (tertiary alicyclic amines) is 1. The maximum Gasteiger partial charge on any atom is 0.124 e. The van der Waals surface area contributed by atoms with Gasteiger partial charge in [0.2, 0.25) is 0 Å². The van der Waals surface area contributed by atoms with E-state index in [1.807, 2.05) is 6.92 Å². The number of aromatic nitrogens is 2. The molecule has 0 bridgehead atoms. The first-order valence-electron chi connectivity index (χ1n) is 10.6. The molecule has 1 atom stereocenters. The summed E-state index contributed by atoms with van der Waals surface area (Å²) in [4.78, 5) is 11.0. The van der Waals surface area contributed by atoms with Crippen molar-refractivity contribution in [2.75, 3.05) is 26.8 Å². The van der Waals surface area contributed by atoms with Gasteiger partial charge in [0.1, 0.15) is 11.6 Å². The lowest BCUT2D eigenvalue weighted by molar-refractivity contribution is 0.131. The summed E-state index contributed by atoms with van der Waals surface area (Å²) in [6, 6.07) is 12.8. The maximum atomic E-state index is 5.61. The molecule has 1 unspecified atom stereocenters. The topological polar surface area (TPSA) is 50.4 Å². The van der Waals surface area contributed by atoms with Crippen LogP contribution in [0.15, 0.2) is 36.4 Å². The molecule has 5 nitrogen and oxygen atoms in total. The Kier molecular flexibility index (Phi) is 6.16. The standard InChI is InChI=1S/C24H31N3O2/c1-4-29-16-20-13-18(10-11-22(20)28-3)14-27-12-6-8-19(15-27)24-25-21-9-5-7-17(2)23(21)26-24/h5,7,9-11,13,19H,4,6,8,12,14-16H2,1-3H3,(H,25,26). The van der Waals surface area contributed by atoms with E-state index in [9.17, 15) is 0 Å². The Labute approximate surface area is 173 Å². The minimum Gasteiger partial charge on any atom is -0.496 e. The van der Waals surface area contributed by atoms with Crippen LogP contribution in [0.3, 0.4) is 0 Å². The van der Waals surface area contributed by atoms with Gasteiger partial charge in [-0.3, -0.25) is 4.90 Å². The highest BCUT2D eigenvalue weighted by molar-refractivity contribution is 5.78. The number of hydrogen-bond donors (Lipinski definition) is 1. The second kappa shape index (κ2) is 8.97. The quantitative estimate of drug-likeness (QED) is 0.627. The average molecular weight is 394 g/mol. The van der Waals surface area contributed by atoms with Gasteiger partial charge >= 0.3 is 0 Å². The summed E-state index contributed by atoms with van der Waals surface area (Å²) in [5.41, 5.74) is 5.91. The number of aromatic amines is 1. The van der Waals surface area contributed by atoms with Crippen molar-refractivity contribution >= 4 is 11.0 Å². The third kappa shape index (κ3) is 4.46. The van der Waals surface area contributed by atoms with Crippen LogP contribution in [0.1, 0.15) is 48.2 Å². The lowest BCUT2D eigenvalue weighted by Gasteiger charge is -2.32. The van der Waals surface area contributed by atoms with Gasteiger partial charge in [-0.1, -0.05) is 18.2 Å². The molecule has 29 heavy (non-hydrogen) atoms. The number of piperidine rings is 1. The van der Waals surface area contributed by atoms with Gasteiger partial charge in [-0.2, -0.15) is 0 Å². The number of imidazole rings is 1. The van der Waals surface area contributed by atoms with E-state index in [1.54, 1.807) is 7.11 Å². The van der Waals surface area contributed by atoms with Crippen molar-refractivity contribution < 1.29 is 9.47 Å². The first-order valence-corrected chi connectivity index (χ1v) is 10.6. The van der Waals surface area contributed by atoms with Crippen LogP contribution >= 0.6 is 0 Å². The number of benzene rings is 2. The zero-order valence-electron chi connectivity index (χ0n) is 17.7. The Morgan fingerprint density at radius 2 is 2.14 bits per heavy atom. The molecule has 1 N–H and O–H groups in total. The number of nitrogens with zero attached hydrogens (tertiary/aromatic N) is 2. The predicted molar refractivity (Wildman–Crippen MR) is 116 cm³/mol. The highest BCUT2D eigenvalue weighted by atomic mass is 16.5. The van der Waals surface area contributed by atoms with Crippen molar-refractivity contribution in [2.45, 2.75) is 45.8 Å². The number of fused-ring (bicyclic) bond motifs is 1. The van der Waals surface area contributed by atoms with Crippen LogP contribution in [0.25, 0.3) is 11.0 Å². The third-order valence-electron chi connectivity index (χ3n) is 5.84. The summed E-state index contributed by atoms with van der Waals surface area (Å²) < 4.78 is 11.1. The molecule has 3 aromatic rings. The summed E-state index contributed by atoms with van der Waals surface area (Å²) in [6.07, 6.45) is 2.39. The van der Waals surface area contributed by atoms with Gasteiger partial charge in [0.15, 0.2) is 0 Å². The summed E-state index contributed by atoms with van der Waals surface area (Å²) >= 11 is 0. The number of ether oxygens (including phenoxy) is 2. The normalized spacial score (nSPS) is 17.7. The molecule has 1 saturated heterocycles. The van der Waals surface area contributed by atoms with Crippen molar-refractivity contribution in [1.82, 2.24) is 14.9 Å². The van der Waals surface area contributed by atoms with Crippen LogP contribution in [-0.2, 0) is 17.9 Å². The van der Waals surface area contributed by atoms with Gasteiger partial charge in [-0.15, -0.1) is 0 Å². The summed E-state index contributed by atoms with van der Waals surface area (Å²) in [5, 5.41) is 0. The molecule has 154 valence electrons. The molecule has 0 radical (unpaired) electrons. The van der Waals surface area contributed by atoms with E-state index in [4.69, 9.17) is 14.5 Å². The van der Waals surface area contributed by atoms with Gasteiger partial charge in [-0.25, -0.2) is 4.98 Å². The van der Waals surface area contributed by atoms with Gasteiger partial charge in [0.05, 0.1) is 24.8 Å². The number of aryl methyl sites for hydroxylation is 1. The van der Waals surface area contributed by atoms with Crippen molar-refractivity contribution in [3.8, 4) is 5.75 Å². The number of H-pyrrole nitrogens is 1. The second-order valence-electron chi connectivity index (χ2n) is 7.95. The maximum absolute atomic E-state index is 5.61. The Balaban J connectivity index is 1.47. The first-order chi connectivity index (χ1) is 14.2. The van der Waals surface area contributed by atoms with Crippen LogP contribution < -0.4 is 4.74 Å². The van der Waals surface area contributed by atoms with Crippen molar-refractivity contribution in [3.63, 3.8) is 0 Å². The zero-order chi connectivity index (χ0) is 20.2. The molecule has 0 amide bonds. The van der Waals surface area contributed by atoms with Crippen LogP contribution in [0.5, 0.6) is 5.75 Å². The molecular weight excluding hydrogens is 362 g/mol.